The van der Waals surface area contributed by atoms with Gasteiger partial charge < -0.3 is 20.9 Å². The number of benzene rings is 2. The summed E-state index contributed by atoms with van der Waals surface area (Å²) in [6, 6.07) is 10.6. The van der Waals surface area contributed by atoms with Crippen LogP contribution < -0.4 is 16.4 Å². The van der Waals surface area contributed by atoms with E-state index in [2.05, 4.69) is 20.8 Å². The Bertz CT molecular complexity index is 1110. The minimum atomic E-state index is -0.544. The van der Waals surface area contributed by atoms with Crippen LogP contribution in [0.2, 0.25) is 0 Å². The van der Waals surface area contributed by atoms with Crippen LogP contribution in [-0.2, 0) is 13.0 Å². The maximum atomic E-state index is 13.2. The lowest BCUT2D eigenvalue weighted by Gasteiger charge is -2.25. The molecule has 0 bridgehead atoms. The summed E-state index contributed by atoms with van der Waals surface area (Å²) in [5.74, 6) is 0.611. The van der Waals surface area contributed by atoms with Gasteiger partial charge in [0.1, 0.15) is 11.6 Å². The Morgan fingerprint density at radius 2 is 1.93 bits per heavy atom. The molecule has 0 saturated heterocycles. The summed E-state index contributed by atoms with van der Waals surface area (Å²) in [6.07, 6.45) is 1.38. The summed E-state index contributed by atoms with van der Waals surface area (Å²) in [5.41, 5.74) is 7.72. The van der Waals surface area contributed by atoms with Crippen molar-refractivity contribution in [3.63, 3.8) is 0 Å². The van der Waals surface area contributed by atoms with Crippen molar-refractivity contribution in [2.75, 3.05) is 5.32 Å². The van der Waals surface area contributed by atoms with Gasteiger partial charge in [0.05, 0.1) is 0 Å². The zero-order valence-electron chi connectivity index (χ0n) is 16.4. The summed E-state index contributed by atoms with van der Waals surface area (Å²) >= 11 is 0. The molecule has 0 saturated carbocycles. The number of anilines is 1. The molecule has 9 heteroatoms. The first kappa shape index (κ1) is 19.6. The lowest BCUT2D eigenvalue weighted by Crippen LogP contribution is -2.43. The highest BCUT2D eigenvalue weighted by atomic mass is 19.1. The number of aromatic nitrogens is 3. The van der Waals surface area contributed by atoms with Gasteiger partial charge in [-0.15, -0.1) is 10.2 Å². The Kier molecular flexibility index (Phi) is 5.18. The minimum absolute atomic E-state index is 0.131. The van der Waals surface area contributed by atoms with Gasteiger partial charge in [-0.2, -0.15) is 0 Å². The number of carbonyl (C=O) groups excluding carboxylic acids is 2. The maximum absolute atomic E-state index is 13.2. The maximum Gasteiger partial charge on any atom is 0.319 e. The first-order valence-electron chi connectivity index (χ1n) is 9.56. The average molecular weight is 408 g/mol. The molecule has 0 fully saturated rings. The van der Waals surface area contributed by atoms with Crippen LogP contribution in [0.5, 0.6) is 0 Å². The first-order chi connectivity index (χ1) is 14.4. The van der Waals surface area contributed by atoms with Crippen molar-refractivity contribution in [1.29, 1.82) is 0 Å². The Morgan fingerprint density at radius 3 is 2.67 bits per heavy atom. The molecule has 3 amide bonds. The molecule has 2 heterocycles. The lowest BCUT2D eigenvalue weighted by atomic mass is 10.1. The number of hydrogen-bond donors (Lipinski definition) is 3. The zero-order chi connectivity index (χ0) is 21.3. The van der Waals surface area contributed by atoms with Crippen LogP contribution >= 0.6 is 0 Å². The van der Waals surface area contributed by atoms with E-state index in [4.69, 9.17) is 5.73 Å². The molecule has 0 unspecified atom stereocenters. The number of nitrogens with zero attached hydrogens (tertiary/aromatic N) is 3. The monoisotopic (exact) mass is 408 g/mol. The highest BCUT2D eigenvalue weighted by molar-refractivity contribution is 5.97. The number of amides is 3. The van der Waals surface area contributed by atoms with E-state index in [0.717, 1.165) is 23.4 Å². The highest BCUT2D eigenvalue weighted by Gasteiger charge is 2.24. The van der Waals surface area contributed by atoms with Gasteiger partial charge in [0.2, 0.25) is 5.91 Å². The van der Waals surface area contributed by atoms with E-state index in [1.807, 2.05) is 4.57 Å². The number of aryl methyl sites for hydroxylation is 2. The van der Waals surface area contributed by atoms with Crippen molar-refractivity contribution in [3.8, 4) is 11.4 Å². The Balaban J connectivity index is 1.45. The van der Waals surface area contributed by atoms with E-state index < -0.39 is 5.91 Å². The normalized spacial score (nSPS) is 15.3. The topological polar surface area (TPSA) is 115 Å². The molecule has 3 aromatic rings. The van der Waals surface area contributed by atoms with Crippen LogP contribution in [0.15, 0.2) is 42.5 Å². The molecule has 8 nitrogen and oxygen atoms in total. The van der Waals surface area contributed by atoms with Gasteiger partial charge in [-0.25, -0.2) is 9.18 Å². The second-order valence-corrected chi connectivity index (χ2v) is 7.29. The molecular weight excluding hydrogens is 387 g/mol. The molecule has 154 valence electrons. The third-order valence-corrected chi connectivity index (χ3v) is 5.15. The summed E-state index contributed by atoms with van der Waals surface area (Å²) in [7, 11) is 0. The Morgan fingerprint density at radius 1 is 1.17 bits per heavy atom. The Hall–Kier alpha value is -3.75. The number of nitrogens with one attached hydrogen (secondary N) is 2. The number of fused-ring (bicyclic) bond motifs is 1. The van der Waals surface area contributed by atoms with Crippen LogP contribution in [0.4, 0.5) is 14.9 Å². The third kappa shape index (κ3) is 4.00. The molecule has 1 aliphatic rings. The summed E-state index contributed by atoms with van der Waals surface area (Å²) in [5, 5.41) is 14.1. The number of carbonyl (C=O) groups is 2. The zero-order valence-corrected chi connectivity index (χ0v) is 16.4. The largest absolute Gasteiger partial charge is 0.366 e. The number of nitrogens with two attached hydrogens (primary N) is 1. The van der Waals surface area contributed by atoms with Crippen molar-refractivity contribution >= 4 is 17.6 Å². The van der Waals surface area contributed by atoms with Crippen molar-refractivity contribution in [3.05, 3.63) is 65.2 Å². The van der Waals surface area contributed by atoms with Gasteiger partial charge in [0.15, 0.2) is 5.82 Å². The van der Waals surface area contributed by atoms with Crippen LogP contribution in [-0.4, -0.2) is 32.7 Å². The molecule has 4 rings (SSSR count). The standard InChI is InChI=1S/C21H21FN6O2/c1-12-2-7-15(10-17(12)19(23)29)24-21(30)25-16-8-9-18-26-27-20(28(18)11-16)13-3-5-14(22)6-4-13/h2-7,10,16H,8-9,11H2,1H3,(H2,23,29)(H2,24,25,30)/t16-/m1/s1. The molecule has 0 spiro atoms. The van der Waals surface area contributed by atoms with Gasteiger partial charge in [0.25, 0.3) is 0 Å². The van der Waals surface area contributed by atoms with Crippen LogP contribution in [0.3, 0.4) is 0 Å². The lowest BCUT2D eigenvalue weighted by molar-refractivity contribution is 0.0999. The van der Waals surface area contributed by atoms with Gasteiger partial charge in [-0.05, 0) is 55.3 Å². The molecule has 2 aromatic carbocycles. The molecule has 0 radical (unpaired) electrons. The Labute approximate surface area is 172 Å². The fourth-order valence-corrected chi connectivity index (χ4v) is 3.58. The second kappa shape index (κ2) is 7.94. The number of halogens is 1. The minimum Gasteiger partial charge on any atom is -0.366 e. The fourth-order valence-electron chi connectivity index (χ4n) is 3.58. The van der Waals surface area contributed by atoms with E-state index in [1.165, 1.54) is 12.1 Å². The molecule has 1 aliphatic heterocycles. The smallest absolute Gasteiger partial charge is 0.319 e. The molecule has 1 aromatic heterocycles. The van der Waals surface area contributed by atoms with Gasteiger partial charge in [-0.1, -0.05) is 6.07 Å². The average Bonchev–Trinajstić information content (AvgIpc) is 3.13. The molecule has 4 N–H and O–H groups in total. The number of hydrogen-bond acceptors (Lipinski definition) is 4. The van der Waals surface area contributed by atoms with Crippen LogP contribution in [0.1, 0.15) is 28.2 Å². The fraction of sp³-hybridized carbons (Fsp3) is 0.238. The summed E-state index contributed by atoms with van der Waals surface area (Å²) in [4.78, 5) is 24.0. The van der Waals surface area contributed by atoms with Crippen molar-refractivity contribution in [2.45, 2.75) is 32.4 Å². The van der Waals surface area contributed by atoms with Gasteiger partial charge >= 0.3 is 6.03 Å². The van der Waals surface area contributed by atoms with E-state index in [1.54, 1.807) is 37.3 Å². The summed E-state index contributed by atoms with van der Waals surface area (Å²) in [6.45, 7) is 2.28. The molecular formula is C21H21FN6O2. The number of rotatable bonds is 4. The van der Waals surface area contributed by atoms with E-state index in [9.17, 15) is 14.0 Å². The highest BCUT2D eigenvalue weighted by Crippen LogP contribution is 2.23. The van der Waals surface area contributed by atoms with E-state index >= 15 is 0 Å². The number of urea groups is 1. The summed E-state index contributed by atoms with van der Waals surface area (Å²) < 4.78 is 15.2. The van der Waals surface area contributed by atoms with E-state index in [-0.39, 0.29) is 17.9 Å². The predicted molar refractivity (Wildman–Crippen MR) is 109 cm³/mol. The molecule has 0 aliphatic carbocycles. The molecule has 30 heavy (non-hydrogen) atoms. The third-order valence-electron chi connectivity index (χ3n) is 5.15. The van der Waals surface area contributed by atoms with Crippen molar-refractivity contribution < 1.29 is 14.0 Å². The van der Waals surface area contributed by atoms with E-state index in [0.29, 0.717) is 30.0 Å². The van der Waals surface area contributed by atoms with Gasteiger partial charge in [-0.3, -0.25) is 4.79 Å². The first-order valence-corrected chi connectivity index (χ1v) is 9.56. The predicted octanol–water partition coefficient (Wildman–Crippen LogP) is 2.63. The van der Waals surface area contributed by atoms with Crippen LogP contribution in [0, 0.1) is 12.7 Å². The quantitative estimate of drug-likeness (QED) is 0.615. The SMILES string of the molecule is Cc1ccc(NC(=O)N[C@@H]2CCc3nnc(-c4ccc(F)cc4)n3C2)cc1C(N)=O. The van der Waals surface area contributed by atoms with Crippen molar-refractivity contribution in [1.82, 2.24) is 20.1 Å². The van der Waals surface area contributed by atoms with Crippen LogP contribution in [0.25, 0.3) is 11.4 Å². The number of primary amides is 1. The van der Waals surface area contributed by atoms with Crippen molar-refractivity contribution in [2.24, 2.45) is 5.73 Å². The second-order valence-electron chi connectivity index (χ2n) is 7.29. The van der Waals surface area contributed by atoms with Gasteiger partial charge in [0, 0.05) is 35.8 Å². The molecule has 1 atom stereocenters.